The summed E-state index contributed by atoms with van der Waals surface area (Å²) in [5, 5.41) is 3.50. The highest BCUT2D eigenvalue weighted by Crippen LogP contribution is 2.32. The van der Waals surface area contributed by atoms with Gasteiger partial charge in [0, 0.05) is 18.5 Å². The Morgan fingerprint density at radius 2 is 1.83 bits per heavy atom. The number of nitrogens with one attached hydrogen (secondary N) is 1. The van der Waals surface area contributed by atoms with Gasteiger partial charge in [-0.2, -0.15) is 0 Å². The van der Waals surface area contributed by atoms with Crippen molar-refractivity contribution >= 4 is 28.5 Å². The Kier molecular flexibility index (Phi) is 5.72. The molecule has 1 aliphatic heterocycles. The molecule has 1 fully saturated rings. The molecule has 0 aliphatic carbocycles. The second-order valence-corrected chi connectivity index (χ2v) is 7.24. The molecule has 2 heterocycles. The summed E-state index contributed by atoms with van der Waals surface area (Å²) in [4.78, 5) is 27.3. The molecule has 1 N–H and O–H groups in total. The molecule has 2 amide bonds. The molecule has 1 aliphatic rings. The predicted octanol–water partition coefficient (Wildman–Crippen LogP) is 3.54. The van der Waals surface area contributed by atoms with Gasteiger partial charge in [-0.25, -0.2) is 0 Å². The molecule has 156 valence electrons. The lowest BCUT2D eigenvalue weighted by Crippen LogP contribution is -2.40. The van der Waals surface area contributed by atoms with Gasteiger partial charge in [0.25, 0.3) is 11.8 Å². The van der Waals surface area contributed by atoms with Gasteiger partial charge in [-0.05, 0) is 43.2 Å². The van der Waals surface area contributed by atoms with Gasteiger partial charge < -0.3 is 24.1 Å². The molecule has 0 spiro atoms. The Bertz CT molecular complexity index is 1080. The van der Waals surface area contributed by atoms with Gasteiger partial charge in [0.15, 0.2) is 6.61 Å². The average Bonchev–Trinajstić information content (AvgIpc) is 3.13. The van der Waals surface area contributed by atoms with Gasteiger partial charge in [0.2, 0.25) is 5.76 Å². The maximum absolute atomic E-state index is 13.0. The number of aryl methyl sites for hydroxylation is 1. The minimum Gasteiger partial charge on any atom is -0.483 e. The number of carbonyl (C=O) groups is 2. The zero-order valence-electron chi connectivity index (χ0n) is 17.1. The van der Waals surface area contributed by atoms with Crippen LogP contribution >= 0.6 is 0 Å². The van der Waals surface area contributed by atoms with Crippen molar-refractivity contribution in [2.75, 3.05) is 38.2 Å². The quantitative estimate of drug-likeness (QED) is 0.698. The van der Waals surface area contributed by atoms with Crippen molar-refractivity contribution in [1.82, 2.24) is 4.90 Å². The number of furan rings is 1. The molecule has 0 radical (unpaired) electrons. The molecule has 0 saturated carbocycles. The van der Waals surface area contributed by atoms with Gasteiger partial charge in [0.05, 0.1) is 13.2 Å². The Morgan fingerprint density at radius 3 is 2.63 bits per heavy atom. The molecule has 7 nitrogen and oxygen atoms in total. The average molecular weight is 408 g/mol. The summed E-state index contributed by atoms with van der Waals surface area (Å²) in [5.74, 6) is 0.156. The number of ether oxygens (including phenoxy) is 2. The van der Waals surface area contributed by atoms with Crippen molar-refractivity contribution in [3.63, 3.8) is 0 Å². The van der Waals surface area contributed by atoms with Crippen LogP contribution in [0.1, 0.15) is 21.7 Å². The van der Waals surface area contributed by atoms with E-state index in [0.29, 0.717) is 48.7 Å². The molecular weight excluding hydrogens is 384 g/mol. The SMILES string of the molecule is Cc1cccc(OCC(=O)Nc2c(C(=O)N3CCOCC3)oc3ccccc23)c1C. The van der Waals surface area contributed by atoms with Crippen LogP contribution in [0.5, 0.6) is 5.75 Å². The summed E-state index contributed by atoms with van der Waals surface area (Å²) in [5.41, 5.74) is 2.99. The van der Waals surface area contributed by atoms with Gasteiger partial charge in [0.1, 0.15) is 17.0 Å². The van der Waals surface area contributed by atoms with E-state index in [2.05, 4.69) is 5.32 Å². The first-order valence-electron chi connectivity index (χ1n) is 9.92. The van der Waals surface area contributed by atoms with Crippen LogP contribution in [-0.4, -0.2) is 49.6 Å². The van der Waals surface area contributed by atoms with Crippen molar-refractivity contribution in [2.45, 2.75) is 13.8 Å². The second kappa shape index (κ2) is 8.59. The molecule has 0 unspecified atom stereocenters. The van der Waals surface area contributed by atoms with Crippen LogP contribution in [0.3, 0.4) is 0 Å². The molecular formula is C23H24N2O5. The lowest BCUT2D eigenvalue weighted by atomic mass is 10.1. The van der Waals surface area contributed by atoms with Crippen LogP contribution < -0.4 is 10.1 Å². The standard InChI is InChI=1S/C23H24N2O5/c1-15-6-5-9-18(16(15)2)29-14-20(26)24-21-17-7-3-4-8-19(17)30-22(21)23(27)25-10-12-28-13-11-25/h3-9H,10-14H2,1-2H3,(H,24,26). The lowest BCUT2D eigenvalue weighted by molar-refractivity contribution is -0.118. The van der Waals surface area contributed by atoms with E-state index in [0.717, 1.165) is 11.1 Å². The van der Waals surface area contributed by atoms with Crippen molar-refractivity contribution in [3.8, 4) is 5.75 Å². The number of benzene rings is 2. The molecule has 0 atom stereocenters. The number of amides is 2. The molecule has 3 aromatic rings. The van der Waals surface area contributed by atoms with Crippen LogP contribution in [0.25, 0.3) is 11.0 Å². The molecule has 1 saturated heterocycles. The molecule has 4 rings (SSSR count). The monoisotopic (exact) mass is 408 g/mol. The molecule has 1 aromatic heterocycles. The minimum atomic E-state index is -0.363. The van der Waals surface area contributed by atoms with E-state index in [9.17, 15) is 9.59 Å². The van der Waals surface area contributed by atoms with E-state index in [4.69, 9.17) is 13.9 Å². The summed E-state index contributed by atoms with van der Waals surface area (Å²) in [6.45, 7) is 5.70. The van der Waals surface area contributed by atoms with Gasteiger partial charge in [-0.15, -0.1) is 0 Å². The summed E-state index contributed by atoms with van der Waals surface area (Å²) in [7, 11) is 0. The number of morpholine rings is 1. The lowest BCUT2D eigenvalue weighted by Gasteiger charge is -2.26. The first kappa shape index (κ1) is 20.0. The largest absolute Gasteiger partial charge is 0.483 e. The fourth-order valence-corrected chi connectivity index (χ4v) is 3.43. The molecule has 7 heteroatoms. The number of para-hydroxylation sites is 1. The summed E-state index contributed by atoms with van der Waals surface area (Å²) in [6.07, 6.45) is 0. The number of nitrogens with zero attached hydrogens (tertiary/aromatic N) is 1. The van der Waals surface area contributed by atoms with Crippen molar-refractivity contribution in [1.29, 1.82) is 0 Å². The normalized spacial score (nSPS) is 14.0. The van der Waals surface area contributed by atoms with E-state index < -0.39 is 0 Å². The third-order valence-electron chi connectivity index (χ3n) is 5.27. The van der Waals surface area contributed by atoms with Crippen LogP contribution in [-0.2, 0) is 9.53 Å². The van der Waals surface area contributed by atoms with Crippen LogP contribution in [0.15, 0.2) is 46.9 Å². The van der Waals surface area contributed by atoms with Gasteiger partial charge in [-0.3, -0.25) is 9.59 Å². The van der Waals surface area contributed by atoms with Crippen LogP contribution in [0.2, 0.25) is 0 Å². The Morgan fingerprint density at radius 1 is 1.07 bits per heavy atom. The van der Waals surface area contributed by atoms with E-state index in [1.165, 1.54) is 0 Å². The van der Waals surface area contributed by atoms with E-state index in [-0.39, 0.29) is 24.2 Å². The van der Waals surface area contributed by atoms with Crippen LogP contribution in [0.4, 0.5) is 5.69 Å². The number of carbonyl (C=O) groups excluding carboxylic acids is 2. The molecule has 30 heavy (non-hydrogen) atoms. The fraction of sp³-hybridized carbons (Fsp3) is 0.304. The Hall–Kier alpha value is -3.32. The van der Waals surface area contributed by atoms with Gasteiger partial charge >= 0.3 is 0 Å². The predicted molar refractivity (Wildman–Crippen MR) is 113 cm³/mol. The summed E-state index contributed by atoms with van der Waals surface area (Å²) >= 11 is 0. The summed E-state index contributed by atoms with van der Waals surface area (Å²) in [6, 6.07) is 13.0. The van der Waals surface area contributed by atoms with E-state index >= 15 is 0 Å². The zero-order chi connectivity index (χ0) is 21.1. The number of fused-ring (bicyclic) bond motifs is 1. The highest BCUT2D eigenvalue weighted by Gasteiger charge is 2.27. The van der Waals surface area contributed by atoms with E-state index in [1.54, 1.807) is 11.0 Å². The Labute approximate surface area is 174 Å². The number of hydrogen-bond donors (Lipinski definition) is 1. The van der Waals surface area contributed by atoms with Gasteiger partial charge in [-0.1, -0.05) is 24.3 Å². The maximum Gasteiger partial charge on any atom is 0.291 e. The van der Waals surface area contributed by atoms with Crippen LogP contribution in [0, 0.1) is 13.8 Å². The number of anilines is 1. The third kappa shape index (κ3) is 4.02. The summed E-state index contributed by atoms with van der Waals surface area (Å²) < 4.78 is 16.8. The number of hydrogen-bond acceptors (Lipinski definition) is 5. The molecule has 0 bridgehead atoms. The van der Waals surface area contributed by atoms with Crippen molar-refractivity contribution in [3.05, 3.63) is 59.4 Å². The maximum atomic E-state index is 13.0. The third-order valence-corrected chi connectivity index (χ3v) is 5.27. The highest BCUT2D eigenvalue weighted by molar-refractivity contribution is 6.11. The smallest absolute Gasteiger partial charge is 0.291 e. The van der Waals surface area contributed by atoms with Crippen molar-refractivity contribution < 1.29 is 23.5 Å². The first-order chi connectivity index (χ1) is 14.5. The fourth-order valence-electron chi connectivity index (χ4n) is 3.43. The topological polar surface area (TPSA) is 81.0 Å². The minimum absolute atomic E-state index is 0.123. The highest BCUT2D eigenvalue weighted by atomic mass is 16.5. The second-order valence-electron chi connectivity index (χ2n) is 7.24. The number of rotatable bonds is 5. The van der Waals surface area contributed by atoms with E-state index in [1.807, 2.05) is 50.2 Å². The zero-order valence-corrected chi connectivity index (χ0v) is 17.1. The molecule has 2 aromatic carbocycles. The first-order valence-corrected chi connectivity index (χ1v) is 9.92. The Balaban J connectivity index is 1.55. The van der Waals surface area contributed by atoms with Crippen molar-refractivity contribution in [2.24, 2.45) is 0 Å².